The van der Waals surface area contributed by atoms with Crippen LogP contribution in [0.4, 0.5) is 0 Å². The van der Waals surface area contributed by atoms with Crippen LogP contribution < -0.4 is 0 Å². The first-order chi connectivity index (χ1) is 8.69. The normalized spacial score (nSPS) is 10.5. The topological polar surface area (TPSA) is 55.1 Å². The first kappa shape index (κ1) is 12.4. The van der Waals surface area contributed by atoms with Gasteiger partial charge in [0.15, 0.2) is 0 Å². The quantitative estimate of drug-likeness (QED) is 0.879. The van der Waals surface area contributed by atoms with Crippen LogP contribution in [0.2, 0.25) is 0 Å². The maximum absolute atomic E-state index is 10.7. The first-order valence-electron chi connectivity index (χ1n) is 6.02. The molecule has 0 aliphatic heterocycles. The van der Waals surface area contributed by atoms with Gasteiger partial charge in [-0.05, 0) is 17.5 Å². The van der Waals surface area contributed by atoms with E-state index in [0.29, 0.717) is 0 Å². The van der Waals surface area contributed by atoms with E-state index in [0.717, 1.165) is 29.7 Å². The molecule has 4 nitrogen and oxygen atoms in total. The van der Waals surface area contributed by atoms with Crippen LogP contribution in [0.5, 0.6) is 0 Å². The smallest absolute Gasteiger partial charge is 0.307 e. The van der Waals surface area contributed by atoms with E-state index in [1.54, 1.807) is 0 Å². The Morgan fingerprint density at radius 2 is 2.22 bits per heavy atom. The van der Waals surface area contributed by atoms with E-state index in [-0.39, 0.29) is 6.42 Å². The molecule has 0 unspecified atom stereocenters. The molecule has 4 heteroatoms. The first-order valence-corrected chi connectivity index (χ1v) is 6.02. The molecule has 0 fully saturated rings. The van der Waals surface area contributed by atoms with Gasteiger partial charge < -0.3 is 5.11 Å². The summed E-state index contributed by atoms with van der Waals surface area (Å²) in [6.45, 7) is 3.00. The molecule has 2 aromatic rings. The summed E-state index contributed by atoms with van der Waals surface area (Å²) in [5.41, 5.74) is 2.84. The number of aryl methyl sites for hydroxylation is 1. The van der Waals surface area contributed by atoms with E-state index in [9.17, 15) is 4.79 Å². The third-order valence-corrected chi connectivity index (χ3v) is 2.70. The zero-order valence-electron chi connectivity index (χ0n) is 10.3. The fraction of sp³-hybridized carbons (Fsp3) is 0.286. The molecular weight excluding hydrogens is 228 g/mol. The molecular formula is C14H16N2O2. The summed E-state index contributed by atoms with van der Waals surface area (Å²) < 4.78 is 1.90. The van der Waals surface area contributed by atoms with Gasteiger partial charge in [-0.25, -0.2) is 0 Å². The predicted molar refractivity (Wildman–Crippen MR) is 69.3 cm³/mol. The Balaban J connectivity index is 2.23. The van der Waals surface area contributed by atoms with E-state index >= 15 is 0 Å². The van der Waals surface area contributed by atoms with Gasteiger partial charge in [-0.2, -0.15) is 5.10 Å². The maximum Gasteiger partial charge on any atom is 0.307 e. The molecule has 0 bridgehead atoms. The van der Waals surface area contributed by atoms with Crippen LogP contribution in [-0.4, -0.2) is 20.9 Å². The number of carboxylic acid groups (broad SMARTS) is 1. The monoisotopic (exact) mass is 244 g/mol. The molecule has 0 aliphatic carbocycles. The fourth-order valence-corrected chi connectivity index (χ4v) is 1.90. The van der Waals surface area contributed by atoms with Gasteiger partial charge in [-0.15, -0.1) is 0 Å². The highest BCUT2D eigenvalue weighted by Gasteiger charge is 2.05. The molecule has 2 rings (SSSR count). The lowest BCUT2D eigenvalue weighted by Crippen LogP contribution is -1.99. The van der Waals surface area contributed by atoms with E-state index in [2.05, 4.69) is 12.0 Å². The fourth-order valence-electron chi connectivity index (χ4n) is 1.90. The molecule has 94 valence electrons. The molecule has 0 amide bonds. The van der Waals surface area contributed by atoms with Gasteiger partial charge in [0.25, 0.3) is 0 Å². The zero-order chi connectivity index (χ0) is 13.0. The van der Waals surface area contributed by atoms with Crippen molar-refractivity contribution in [2.24, 2.45) is 0 Å². The van der Waals surface area contributed by atoms with Crippen molar-refractivity contribution < 1.29 is 9.90 Å². The highest BCUT2D eigenvalue weighted by molar-refractivity contribution is 5.71. The zero-order valence-corrected chi connectivity index (χ0v) is 10.3. The molecule has 1 aromatic carbocycles. The number of carbonyl (C=O) groups is 1. The van der Waals surface area contributed by atoms with Crippen LogP contribution in [0.3, 0.4) is 0 Å². The van der Waals surface area contributed by atoms with Crippen molar-refractivity contribution in [3.8, 4) is 11.1 Å². The average molecular weight is 244 g/mol. The molecule has 0 radical (unpaired) electrons. The number of rotatable bonds is 5. The molecule has 0 spiro atoms. The molecule has 1 N–H and O–H groups in total. The molecule has 18 heavy (non-hydrogen) atoms. The van der Waals surface area contributed by atoms with Crippen molar-refractivity contribution >= 4 is 5.97 Å². The van der Waals surface area contributed by atoms with Gasteiger partial charge in [0, 0.05) is 18.3 Å². The van der Waals surface area contributed by atoms with Gasteiger partial charge in [-0.1, -0.05) is 31.2 Å². The van der Waals surface area contributed by atoms with Gasteiger partial charge >= 0.3 is 5.97 Å². The predicted octanol–water partition coefficient (Wildman–Crippen LogP) is 2.59. The lowest BCUT2D eigenvalue weighted by molar-refractivity contribution is -0.136. The second kappa shape index (κ2) is 5.49. The molecule has 0 atom stereocenters. The van der Waals surface area contributed by atoms with E-state index in [1.807, 2.05) is 41.3 Å². The summed E-state index contributed by atoms with van der Waals surface area (Å²) in [6, 6.07) is 7.58. The highest BCUT2D eigenvalue weighted by Crippen LogP contribution is 2.20. The molecule has 0 saturated heterocycles. The molecule has 1 aromatic heterocycles. The van der Waals surface area contributed by atoms with Crippen molar-refractivity contribution in [1.29, 1.82) is 0 Å². The summed E-state index contributed by atoms with van der Waals surface area (Å²) in [5.74, 6) is -0.811. The van der Waals surface area contributed by atoms with Gasteiger partial charge in [-0.3, -0.25) is 9.48 Å². The standard InChI is InChI=1S/C14H16N2O2/c1-2-6-16-10-13(9-15-16)12-5-3-4-11(7-12)8-14(17)18/h3-5,7,9-10H,2,6,8H2,1H3,(H,17,18). The Labute approximate surface area is 106 Å². The minimum atomic E-state index is -0.811. The summed E-state index contributed by atoms with van der Waals surface area (Å²) in [4.78, 5) is 10.7. The van der Waals surface area contributed by atoms with Crippen LogP contribution in [0.1, 0.15) is 18.9 Å². The molecule has 0 aliphatic rings. The molecule has 0 saturated carbocycles. The number of nitrogens with zero attached hydrogens (tertiary/aromatic N) is 2. The molecule has 1 heterocycles. The van der Waals surface area contributed by atoms with Crippen molar-refractivity contribution in [1.82, 2.24) is 9.78 Å². The van der Waals surface area contributed by atoms with Crippen molar-refractivity contribution in [2.75, 3.05) is 0 Å². The number of aromatic nitrogens is 2. The second-order valence-corrected chi connectivity index (χ2v) is 4.26. The summed E-state index contributed by atoms with van der Waals surface area (Å²) >= 11 is 0. The summed E-state index contributed by atoms with van der Waals surface area (Å²) in [5, 5.41) is 13.1. The lowest BCUT2D eigenvalue weighted by Gasteiger charge is -2.01. The Kier molecular flexibility index (Phi) is 3.77. The number of hydrogen-bond acceptors (Lipinski definition) is 2. The largest absolute Gasteiger partial charge is 0.481 e. The van der Waals surface area contributed by atoms with Crippen molar-refractivity contribution in [3.05, 3.63) is 42.2 Å². The number of hydrogen-bond donors (Lipinski definition) is 1. The SMILES string of the molecule is CCCn1cc(-c2cccc(CC(=O)O)c2)cn1. The Bertz CT molecular complexity index is 546. The van der Waals surface area contributed by atoms with Crippen LogP contribution in [0.15, 0.2) is 36.7 Å². The maximum atomic E-state index is 10.7. The minimum absolute atomic E-state index is 0.0525. The Hall–Kier alpha value is -2.10. The van der Waals surface area contributed by atoms with Crippen molar-refractivity contribution in [2.45, 2.75) is 26.3 Å². The van der Waals surface area contributed by atoms with Crippen LogP contribution >= 0.6 is 0 Å². The van der Waals surface area contributed by atoms with Gasteiger partial charge in [0.05, 0.1) is 12.6 Å². The highest BCUT2D eigenvalue weighted by atomic mass is 16.4. The van der Waals surface area contributed by atoms with E-state index in [1.165, 1.54) is 0 Å². The minimum Gasteiger partial charge on any atom is -0.481 e. The average Bonchev–Trinajstić information content (AvgIpc) is 2.78. The van der Waals surface area contributed by atoms with Crippen LogP contribution in [-0.2, 0) is 17.8 Å². The third kappa shape index (κ3) is 2.97. The van der Waals surface area contributed by atoms with Crippen LogP contribution in [0, 0.1) is 0 Å². The Morgan fingerprint density at radius 1 is 1.39 bits per heavy atom. The summed E-state index contributed by atoms with van der Waals surface area (Å²) in [7, 11) is 0. The number of carboxylic acids is 1. The third-order valence-electron chi connectivity index (χ3n) is 2.70. The lowest BCUT2D eigenvalue weighted by atomic mass is 10.0. The van der Waals surface area contributed by atoms with Gasteiger partial charge in [0.1, 0.15) is 0 Å². The van der Waals surface area contributed by atoms with E-state index in [4.69, 9.17) is 5.11 Å². The van der Waals surface area contributed by atoms with E-state index < -0.39 is 5.97 Å². The summed E-state index contributed by atoms with van der Waals surface area (Å²) in [6.07, 6.45) is 4.90. The number of aliphatic carboxylic acids is 1. The van der Waals surface area contributed by atoms with Crippen molar-refractivity contribution in [3.63, 3.8) is 0 Å². The Morgan fingerprint density at radius 3 is 2.94 bits per heavy atom. The second-order valence-electron chi connectivity index (χ2n) is 4.26. The number of benzene rings is 1. The van der Waals surface area contributed by atoms with Crippen LogP contribution in [0.25, 0.3) is 11.1 Å². The van der Waals surface area contributed by atoms with Gasteiger partial charge in [0.2, 0.25) is 0 Å².